The van der Waals surface area contributed by atoms with Gasteiger partial charge in [-0.1, -0.05) is 23.2 Å². The molecule has 0 bridgehead atoms. The average molecular weight is 314 g/mol. The molecule has 0 aliphatic heterocycles. The Morgan fingerprint density at radius 1 is 1.30 bits per heavy atom. The van der Waals surface area contributed by atoms with Gasteiger partial charge in [0.15, 0.2) is 5.75 Å². The summed E-state index contributed by atoms with van der Waals surface area (Å²) >= 11 is 12.1. The number of nitrogens with zero attached hydrogens (tertiary/aromatic N) is 1. The fourth-order valence-corrected chi connectivity index (χ4v) is 2.32. The molecule has 1 aromatic carbocycles. The van der Waals surface area contributed by atoms with Crippen LogP contribution < -0.4 is 4.74 Å². The van der Waals surface area contributed by atoms with Crippen LogP contribution in [0.3, 0.4) is 0 Å². The number of furan rings is 1. The third-order valence-corrected chi connectivity index (χ3v) is 3.44. The highest BCUT2D eigenvalue weighted by atomic mass is 35.5. The van der Waals surface area contributed by atoms with Gasteiger partial charge in [0.1, 0.15) is 5.56 Å². The first-order chi connectivity index (χ1) is 9.54. The molecule has 6 heteroatoms. The van der Waals surface area contributed by atoms with Crippen molar-refractivity contribution in [1.82, 2.24) is 4.90 Å². The second-order valence-electron chi connectivity index (χ2n) is 4.23. The van der Waals surface area contributed by atoms with Gasteiger partial charge in [-0.05, 0) is 18.2 Å². The molecule has 2 rings (SSSR count). The van der Waals surface area contributed by atoms with Crippen LogP contribution in [-0.4, -0.2) is 25.0 Å². The SMILES string of the molecule is COc1c(Cl)ccc(Cl)c1C(=O)N(C)Cc1ccoc1. The van der Waals surface area contributed by atoms with Crippen LogP contribution >= 0.6 is 23.2 Å². The third kappa shape index (κ3) is 2.92. The molecule has 0 aliphatic carbocycles. The second-order valence-corrected chi connectivity index (χ2v) is 5.04. The molecule has 0 fully saturated rings. The molecule has 0 radical (unpaired) electrons. The van der Waals surface area contributed by atoms with Crippen LogP contribution in [0.5, 0.6) is 5.75 Å². The van der Waals surface area contributed by atoms with Gasteiger partial charge in [-0.15, -0.1) is 0 Å². The number of amides is 1. The minimum absolute atomic E-state index is 0.257. The van der Waals surface area contributed by atoms with Crippen LogP contribution in [0.15, 0.2) is 35.1 Å². The molecule has 0 atom stereocenters. The number of benzene rings is 1. The van der Waals surface area contributed by atoms with E-state index in [0.29, 0.717) is 16.6 Å². The molecule has 0 N–H and O–H groups in total. The van der Waals surface area contributed by atoms with Gasteiger partial charge in [0.25, 0.3) is 5.91 Å². The number of hydrogen-bond donors (Lipinski definition) is 0. The maximum Gasteiger partial charge on any atom is 0.259 e. The summed E-state index contributed by atoms with van der Waals surface area (Å²) < 4.78 is 10.2. The molecule has 106 valence electrons. The number of hydrogen-bond acceptors (Lipinski definition) is 3. The zero-order valence-corrected chi connectivity index (χ0v) is 12.5. The molecule has 0 unspecified atom stereocenters. The molecule has 1 heterocycles. The van der Waals surface area contributed by atoms with E-state index in [1.54, 1.807) is 37.8 Å². The average Bonchev–Trinajstić information content (AvgIpc) is 2.93. The largest absolute Gasteiger partial charge is 0.494 e. The summed E-state index contributed by atoms with van der Waals surface area (Å²) in [5, 5.41) is 0.646. The minimum atomic E-state index is -0.268. The first-order valence-electron chi connectivity index (χ1n) is 5.83. The lowest BCUT2D eigenvalue weighted by molar-refractivity contribution is 0.0781. The van der Waals surface area contributed by atoms with E-state index in [4.69, 9.17) is 32.4 Å². The number of rotatable bonds is 4. The Morgan fingerprint density at radius 3 is 2.60 bits per heavy atom. The Bertz CT molecular complexity index is 611. The number of methoxy groups -OCH3 is 1. The summed E-state index contributed by atoms with van der Waals surface area (Å²) in [7, 11) is 3.12. The zero-order valence-electron chi connectivity index (χ0n) is 11.0. The maximum absolute atomic E-state index is 12.5. The molecule has 1 aromatic heterocycles. The lowest BCUT2D eigenvalue weighted by Gasteiger charge is -2.19. The molecule has 20 heavy (non-hydrogen) atoms. The monoisotopic (exact) mass is 313 g/mol. The summed E-state index contributed by atoms with van der Waals surface area (Å²) in [6, 6.07) is 4.96. The van der Waals surface area contributed by atoms with Crippen molar-refractivity contribution >= 4 is 29.1 Å². The number of ether oxygens (including phenoxy) is 1. The van der Waals surface area contributed by atoms with Crippen molar-refractivity contribution in [2.75, 3.05) is 14.2 Å². The maximum atomic E-state index is 12.5. The number of carbonyl (C=O) groups excluding carboxylic acids is 1. The molecule has 4 nitrogen and oxygen atoms in total. The highest BCUT2D eigenvalue weighted by Crippen LogP contribution is 2.34. The van der Waals surface area contributed by atoms with E-state index in [9.17, 15) is 4.79 Å². The van der Waals surface area contributed by atoms with Crippen molar-refractivity contribution in [3.05, 3.63) is 51.9 Å². The van der Waals surface area contributed by atoms with Crippen LogP contribution in [0, 0.1) is 0 Å². The van der Waals surface area contributed by atoms with E-state index in [-0.39, 0.29) is 17.2 Å². The zero-order chi connectivity index (χ0) is 14.7. The smallest absolute Gasteiger partial charge is 0.259 e. The van der Waals surface area contributed by atoms with Gasteiger partial charge < -0.3 is 14.1 Å². The van der Waals surface area contributed by atoms with Crippen molar-refractivity contribution in [3.8, 4) is 5.75 Å². The van der Waals surface area contributed by atoms with E-state index < -0.39 is 0 Å². The van der Waals surface area contributed by atoms with E-state index >= 15 is 0 Å². The lowest BCUT2D eigenvalue weighted by atomic mass is 10.1. The predicted molar refractivity (Wildman–Crippen MR) is 77.5 cm³/mol. The molecular formula is C14H13Cl2NO3. The highest BCUT2D eigenvalue weighted by molar-refractivity contribution is 6.37. The fourth-order valence-electron chi connectivity index (χ4n) is 1.85. The lowest BCUT2D eigenvalue weighted by Crippen LogP contribution is -2.26. The Hall–Kier alpha value is -1.65. The first kappa shape index (κ1) is 14.8. The number of carbonyl (C=O) groups is 1. The molecule has 1 amide bonds. The van der Waals surface area contributed by atoms with E-state index in [0.717, 1.165) is 5.56 Å². The molecule has 0 saturated heterocycles. The quantitative estimate of drug-likeness (QED) is 0.860. The van der Waals surface area contributed by atoms with E-state index in [1.807, 2.05) is 0 Å². The van der Waals surface area contributed by atoms with Gasteiger partial charge in [0.2, 0.25) is 0 Å². The number of halogens is 2. The molecule has 0 spiro atoms. The molecule has 2 aromatic rings. The van der Waals surface area contributed by atoms with Crippen LogP contribution in [0.25, 0.3) is 0 Å². The van der Waals surface area contributed by atoms with Crippen LogP contribution in [0.2, 0.25) is 10.0 Å². The Labute approximate surface area is 126 Å². The second kappa shape index (κ2) is 6.20. The van der Waals surface area contributed by atoms with Crippen LogP contribution in [0.4, 0.5) is 0 Å². The fraction of sp³-hybridized carbons (Fsp3) is 0.214. The van der Waals surface area contributed by atoms with Crippen LogP contribution in [0.1, 0.15) is 15.9 Å². The minimum Gasteiger partial charge on any atom is -0.494 e. The summed E-state index contributed by atoms with van der Waals surface area (Å²) in [5.41, 5.74) is 1.14. The Morgan fingerprint density at radius 2 is 2.00 bits per heavy atom. The van der Waals surface area contributed by atoms with Gasteiger partial charge >= 0.3 is 0 Å². The Kier molecular flexibility index (Phi) is 4.57. The van der Waals surface area contributed by atoms with Gasteiger partial charge in [0.05, 0.1) is 29.7 Å². The molecule has 0 saturated carbocycles. The summed E-state index contributed by atoms with van der Waals surface area (Å²) in [4.78, 5) is 14.0. The predicted octanol–water partition coefficient (Wildman–Crippen LogP) is 3.87. The summed E-state index contributed by atoms with van der Waals surface area (Å²) in [6.07, 6.45) is 3.14. The van der Waals surface area contributed by atoms with Gasteiger partial charge in [-0.25, -0.2) is 0 Å². The Balaban J connectivity index is 2.31. The topological polar surface area (TPSA) is 42.7 Å². The first-order valence-corrected chi connectivity index (χ1v) is 6.58. The van der Waals surface area contributed by atoms with Crippen molar-refractivity contribution < 1.29 is 13.9 Å². The summed E-state index contributed by atoms with van der Waals surface area (Å²) in [5.74, 6) is 0.0127. The van der Waals surface area contributed by atoms with Gasteiger partial charge in [-0.3, -0.25) is 4.79 Å². The van der Waals surface area contributed by atoms with Crippen molar-refractivity contribution in [1.29, 1.82) is 0 Å². The third-order valence-electron chi connectivity index (χ3n) is 2.82. The summed E-state index contributed by atoms with van der Waals surface area (Å²) in [6.45, 7) is 0.404. The van der Waals surface area contributed by atoms with Crippen molar-refractivity contribution in [2.24, 2.45) is 0 Å². The van der Waals surface area contributed by atoms with Crippen LogP contribution in [-0.2, 0) is 6.54 Å². The molecule has 0 aliphatic rings. The van der Waals surface area contributed by atoms with E-state index in [1.165, 1.54) is 12.0 Å². The normalized spacial score (nSPS) is 10.4. The van der Waals surface area contributed by atoms with Gasteiger partial charge in [-0.2, -0.15) is 0 Å². The van der Waals surface area contributed by atoms with Crippen molar-refractivity contribution in [2.45, 2.75) is 6.54 Å². The highest BCUT2D eigenvalue weighted by Gasteiger charge is 2.22. The van der Waals surface area contributed by atoms with Crippen molar-refractivity contribution in [3.63, 3.8) is 0 Å². The molecular weight excluding hydrogens is 301 g/mol. The van der Waals surface area contributed by atoms with Gasteiger partial charge in [0, 0.05) is 19.2 Å². The van der Waals surface area contributed by atoms with E-state index in [2.05, 4.69) is 0 Å². The standard InChI is InChI=1S/C14H13Cl2NO3/c1-17(7-9-5-6-20-8-9)14(18)12-10(15)3-4-11(16)13(12)19-2/h3-6,8H,7H2,1-2H3.